The molecule has 2 saturated heterocycles. The molecular weight excluding hydrogens is 883 g/mol. The van der Waals surface area contributed by atoms with E-state index in [4.69, 9.17) is 50.8 Å². The van der Waals surface area contributed by atoms with E-state index in [9.17, 15) is 64.2 Å². The molecule has 0 saturated carbocycles. The molecular formula is C38H53N3O20S2. The number of carbonyl (C=O) groups is 7. The molecule has 12 atom stereocenters. The molecule has 23 nitrogen and oxygen atoms in total. The van der Waals surface area contributed by atoms with Crippen LogP contribution in [0, 0.1) is 11.3 Å². The summed E-state index contributed by atoms with van der Waals surface area (Å²) in [6.07, 6.45) is -15.9. The van der Waals surface area contributed by atoms with Gasteiger partial charge >= 0.3 is 29.8 Å². The molecule has 2 fully saturated rings. The molecule has 9 N–H and O–H groups in total. The molecule has 352 valence electrons. The zero-order valence-corrected chi connectivity index (χ0v) is 37.1. The minimum Gasteiger partial charge on any atom is -0.508 e. The number of thiocarbonyl (C=S) groups is 1. The first-order valence-electron chi connectivity index (χ1n) is 19.3. The van der Waals surface area contributed by atoms with Crippen LogP contribution in [0.2, 0.25) is 0 Å². The number of aliphatic hydroxyl groups is 4. The summed E-state index contributed by atoms with van der Waals surface area (Å²) in [6.45, 7) is 8.64. The van der Waals surface area contributed by atoms with Crippen LogP contribution in [0.15, 0.2) is 23.1 Å². The predicted molar refractivity (Wildman–Crippen MR) is 218 cm³/mol. The largest absolute Gasteiger partial charge is 0.508 e. The molecule has 3 rings (SSSR count). The fourth-order valence-electron chi connectivity index (χ4n) is 7.00. The quantitative estimate of drug-likeness (QED) is 0.0372. The van der Waals surface area contributed by atoms with Crippen molar-refractivity contribution in [2.45, 2.75) is 134 Å². The van der Waals surface area contributed by atoms with Crippen molar-refractivity contribution in [3.05, 3.63) is 23.1 Å². The Morgan fingerprint density at radius 3 is 2.24 bits per heavy atom. The van der Waals surface area contributed by atoms with Crippen LogP contribution in [0.3, 0.4) is 0 Å². The van der Waals surface area contributed by atoms with Gasteiger partial charge in [-0.3, -0.25) is 24.6 Å². The third-order valence-corrected chi connectivity index (χ3v) is 11.7. The number of carbonyl (C=O) groups excluding carboxylic acids is 5. The van der Waals surface area contributed by atoms with Gasteiger partial charge in [0.05, 0.1) is 24.5 Å². The zero-order chi connectivity index (χ0) is 47.9. The summed E-state index contributed by atoms with van der Waals surface area (Å²) < 4.78 is 40.1. The molecule has 0 aromatic rings. The number of thioether (sulfide) groups is 1. The summed E-state index contributed by atoms with van der Waals surface area (Å²) in [5, 5.41) is 79.0. The average molecular weight is 936 g/mol. The van der Waals surface area contributed by atoms with Crippen LogP contribution in [-0.2, 0) is 66.7 Å². The van der Waals surface area contributed by atoms with Gasteiger partial charge in [0.1, 0.15) is 70.2 Å². The molecule has 12 unspecified atom stereocenters. The van der Waals surface area contributed by atoms with Crippen molar-refractivity contribution >= 4 is 75.5 Å². The van der Waals surface area contributed by atoms with Gasteiger partial charge in [-0.1, -0.05) is 43.9 Å². The number of carboxylic acids is 2. The van der Waals surface area contributed by atoms with Crippen LogP contribution in [0.4, 0.5) is 0 Å². The summed E-state index contributed by atoms with van der Waals surface area (Å²) >= 11 is 6.02. The van der Waals surface area contributed by atoms with E-state index in [1.807, 2.05) is 0 Å². The van der Waals surface area contributed by atoms with Gasteiger partial charge < -0.3 is 74.4 Å². The number of hydrogen-bond acceptors (Lipinski definition) is 21. The van der Waals surface area contributed by atoms with Gasteiger partial charge in [-0.05, 0) is 20.8 Å². The van der Waals surface area contributed by atoms with E-state index in [2.05, 4.69) is 10.6 Å². The second-order valence-electron chi connectivity index (χ2n) is 15.1. The standard InChI is InChI=1S/C38H53N3O20S2/c1-9-19(41-36(62)63-13-20(32(47)48)40-17(6)42)35(52)61-28-22(12-56-18(7)43)59-31(37(53)11-21(44)26(39)25(30(37)46)33(49)50)27(45)29(28)60-24-10-23(55-8)38(54,15(4)57-24)16(5)58-34(51)14(2)3/h9,14-16,20,22-24,27-29,31,39,45-46,53-54H,10-13H2,1-8H3,(H,40,42)(H,41,62)(H,47,48)(H,49,50)/b19-9+,39-26?. The molecule has 25 heteroatoms. The molecule has 63 heavy (non-hydrogen) atoms. The van der Waals surface area contributed by atoms with Gasteiger partial charge in [0.2, 0.25) is 5.91 Å². The Balaban J connectivity index is 2.11. The van der Waals surface area contributed by atoms with E-state index in [0.29, 0.717) is 0 Å². The third-order valence-electron chi connectivity index (χ3n) is 10.4. The Bertz CT molecular complexity index is 1890. The number of aliphatic carboxylic acids is 2. The van der Waals surface area contributed by atoms with Gasteiger partial charge in [-0.2, -0.15) is 0 Å². The second kappa shape index (κ2) is 21.9. The minimum absolute atomic E-state index is 0.164. The topological polar surface area (TPSA) is 353 Å². The van der Waals surface area contributed by atoms with Gasteiger partial charge in [0, 0.05) is 33.1 Å². The lowest BCUT2D eigenvalue weighted by atomic mass is 9.74. The number of amides is 1. The molecule has 2 aliphatic heterocycles. The predicted octanol–water partition coefficient (Wildman–Crippen LogP) is -0.835. The van der Waals surface area contributed by atoms with Crippen LogP contribution >= 0.6 is 24.0 Å². The maximum atomic E-state index is 13.9. The fourth-order valence-corrected chi connectivity index (χ4v) is 8.04. The zero-order valence-electron chi connectivity index (χ0n) is 35.5. The number of carboxylic acid groups (broad SMARTS) is 2. The van der Waals surface area contributed by atoms with Crippen LogP contribution < -0.4 is 10.6 Å². The molecule has 3 aliphatic rings. The second-order valence-corrected chi connectivity index (χ2v) is 16.8. The third kappa shape index (κ3) is 12.2. The summed E-state index contributed by atoms with van der Waals surface area (Å²) in [5.74, 6) is -10.3. The fraction of sp³-hybridized carbons (Fsp3) is 0.658. The Morgan fingerprint density at radius 2 is 1.71 bits per heavy atom. The monoisotopic (exact) mass is 935 g/mol. The first-order valence-corrected chi connectivity index (χ1v) is 20.7. The van der Waals surface area contributed by atoms with Gasteiger partial charge in [0.15, 0.2) is 29.4 Å². The number of allylic oxidation sites excluding steroid dienone is 1. The first kappa shape index (κ1) is 52.7. The number of ether oxygens (including phenoxy) is 7. The highest BCUT2D eigenvalue weighted by Crippen LogP contribution is 2.42. The van der Waals surface area contributed by atoms with Crippen molar-refractivity contribution in [2.75, 3.05) is 19.5 Å². The molecule has 0 aromatic heterocycles. The lowest BCUT2D eigenvalue weighted by Crippen LogP contribution is -2.70. The summed E-state index contributed by atoms with van der Waals surface area (Å²) in [4.78, 5) is 86.7. The van der Waals surface area contributed by atoms with Crippen LogP contribution in [-0.4, -0.2) is 174 Å². The summed E-state index contributed by atoms with van der Waals surface area (Å²) in [6, 6.07) is -1.36. The Morgan fingerprint density at radius 1 is 1.08 bits per heavy atom. The van der Waals surface area contributed by atoms with E-state index >= 15 is 0 Å². The molecule has 2 heterocycles. The van der Waals surface area contributed by atoms with Crippen molar-refractivity contribution < 1.29 is 97.4 Å². The highest BCUT2D eigenvalue weighted by molar-refractivity contribution is 8.23. The number of nitrogens with one attached hydrogen (secondary N) is 3. The van der Waals surface area contributed by atoms with E-state index in [0.717, 1.165) is 25.6 Å². The number of aliphatic hydroxyl groups excluding tert-OH is 2. The molecule has 0 spiro atoms. The van der Waals surface area contributed by atoms with Gasteiger partial charge in [-0.25, -0.2) is 14.4 Å². The number of hydrogen-bond donors (Lipinski definition) is 9. The van der Waals surface area contributed by atoms with Crippen molar-refractivity contribution in [1.82, 2.24) is 10.6 Å². The molecule has 0 radical (unpaired) electrons. The van der Waals surface area contributed by atoms with E-state index in [1.54, 1.807) is 13.8 Å². The number of methoxy groups -OCH3 is 1. The lowest BCUT2D eigenvalue weighted by molar-refractivity contribution is -0.345. The number of Topliss-reactive ketones (excluding diaryl/α,β-unsaturated/α-hetero) is 1. The molecule has 0 bridgehead atoms. The highest BCUT2D eigenvalue weighted by atomic mass is 32.2. The molecule has 1 aliphatic carbocycles. The highest BCUT2D eigenvalue weighted by Gasteiger charge is 2.62. The van der Waals surface area contributed by atoms with Gasteiger partial charge in [-0.15, -0.1) is 0 Å². The van der Waals surface area contributed by atoms with Gasteiger partial charge in [0.25, 0.3) is 0 Å². The van der Waals surface area contributed by atoms with Crippen molar-refractivity contribution in [3.63, 3.8) is 0 Å². The Kier molecular flexibility index (Phi) is 18.3. The Hall–Kier alpha value is -4.60. The average Bonchev–Trinajstić information content (AvgIpc) is 3.19. The van der Waals surface area contributed by atoms with Crippen molar-refractivity contribution in [1.29, 1.82) is 5.41 Å². The number of rotatable bonds is 17. The van der Waals surface area contributed by atoms with Crippen LogP contribution in [0.25, 0.3) is 0 Å². The summed E-state index contributed by atoms with van der Waals surface area (Å²) in [7, 11) is 1.24. The van der Waals surface area contributed by atoms with Crippen LogP contribution in [0.5, 0.6) is 0 Å². The first-order chi connectivity index (χ1) is 29.2. The SMILES string of the molecule is C/C=C(/NC(=S)SCC(NC(C)=O)C(=O)O)C(=O)OC1C(COC(C)=O)OC(C2(O)CC(=O)C(=N)C(C(=O)O)=C2O)C(O)C1OC1CC(OC)C(O)(C(C)OC(=O)C(C)C)C(C)O1. The Labute approximate surface area is 370 Å². The van der Waals surface area contributed by atoms with E-state index in [1.165, 1.54) is 34.0 Å². The number of esters is 3. The van der Waals surface area contributed by atoms with Crippen molar-refractivity contribution in [3.8, 4) is 0 Å². The maximum absolute atomic E-state index is 13.9. The normalized spacial score (nSPS) is 31.1. The smallest absolute Gasteiger partial charge is 0.354 e. The molecule has 1 amide bonds. The summed E-state index contributed by atoms with van der Waals surface area (Å²) in [5.41, 5.74) is -7.97. The maximum Gasteiger partial charge on any atom is 0.354 e. The van der Waals surface area contributed by atoms with E-state index < -0.39 is 150 Å². The lowest BCUT2D eigenvalue weighted by Gasteiger charge is -2.52. The van der Waals surface area contributed by atoms with Crippen molar-refractivity contribution in [2.24, 2.45) is 5.92 Å². The van der Waals surface area contributed by atoms with E-state index in [-0.39, 0.29) is 22.2 Å². The number of ketones is 1. The molecule has 0 aromatic carbocycles. The minimum atomic E-state index is -3.10. The van der Waals surface area contributed by atoms with Crippen LogP contribution in [0.1, 0.15) is 61.3 Å².